The summed E-state index contributed by atoms with van der Waals surface area (Å²) in [5.74, 6) is 0.587. The van der Waals surface area contributed by atoms with Gasteiger partial charge in [-0.2, -0.15) is 0 Å². The molecule has 1 amide bonds. The standard InChI is InChI=1S/C12H17BrN2O2/c1-14-7-10(13)5-11(14)12(16)15-4-3-9(6-15)8-17-2/h5,7,9H,3-4,6,8H2,1-2H3. The molecule has 0 saturated carbocycles. The van der Waals surface area contributed by atoms with Crippen molar-refractivity contribution < 1.29 is 9.53 Å². The average Bonchev–Trinajstić information content (AvgIpc) is 2.85. The number of nitrogens with zero attached hydrogens (tertiary/aromatic N) is 2. The molecule has 0 aliphatic carbocycles. The van der Waals surface area contributed by atoms with E-state index in [4.69, 9.17) is 4.74 Å². The summed E-state index contributed by atoms with van der Waals surface area (Å²) in [6, 6.07) is 1.87. The number of aromatic nitrogens is 1. The Kier molecular flexibility index (Phi) is 3.89. The highest BCUT2D eigenvalue weighted by molar-refractivity contribution is 9.10. The number of hydrogen-bond donors (Lipinski definition) is 0. The van der Waals surface area contributed by atoms with Gasteiger partial charge in [-0.25, -0.2) is 0 Å². The summed E-state index contributed by atoms with van der Waals surface area (Å²) in [6.45, 7) is 2.37. The number of hydrogen-bond acceptors (Lipinski definition) is 2. The number of halogens is 1. The Labute approximate surface area is 110 Å². The van der Waals surface area contributed by atoms with Crippen molar-refractivity contribution in [2.24, 2.45) is 13.0 Å². The van der Waals surface area contributed by atoms with E-state index < -0.39 is 0 Å². The van der Waals surface area contributed by atoms with E-state index in [0.29, 0.717) is 5.92 Å². The van der Waals surface area contributed by atoms with Crippen LogP contribution in [0.1, 0.15) is 16.9 Å². The Morgan fingerprint density at radius 2 is 2.41 bits per heavy atom. The van der Waals surface area contributed by atoms with Crippen LogP contribution in [0.3, 0.4) is 0 Å². The van der Waals surface area contributed by atoms with Gasteiger partial charge in [0.25, 0.3) is 5.91 Å². The second-order valence-corrected chi connectivity index (χ2v) is 5.43. The van der Waals surface area contributed by atoms with Crippen molar-refractivity contribution in [2.75, 3.05) is 26.8 Å². The number of carbonyl (C=O) groups excluding carboxylic acids is 1. The molecule has 0 radical (unpaired) electrons. The summed E-state index contributed by atoms with van der Waals surface area (Å²) in [5.41, 5.74) is 0.731. The number of amides is 1. The van der Waals surface area contributed by atoms with Crippen molar-refractivity contribution >= 4 is 21.8 Å². The lowest BCUT2D eigenvalue weighted by atomic mass is 10.1. The number of rotatable bonds is 3. The third-order valence-electron chi connectivity index (χ3n) is 3.17. The maximum absolute atomic E-state index is 12.3. The van der Waals surface area contributed by atoms with Crippen LogP contribution in [0.5, 0.6) is 0 Å². The summed E-state index contributed by atoms with van der Waals surface area (Å²) >= 11 is 3.39. The van der Waals surface area contributed by atoms with Crippen molar-refractivity contribution in [2.45, 2.75) is 6.42 Å². The third kappa shape index (κ3) is 2.72. The van der Waals surface area contributed by atoms with Gasteiger partial charge >= 0.3 is 0 Å². The van der Waals surface area contributed by atoms with Crippen molar-refractivity contribution in [1.82, 2.24) is 9.47 Å². The largest absolute Gasteiger partial charge is 0.384 e. The first kappa shape index (κ1) is 12.6. The molecule has 17 heavy (non-hydrogen) atoms. The number of aryl methyl sites for hydroxylation is 1. The minimum absolute atomic E-state index is 0.108. The summed E-state index contributed by atoms with van der Waals surface area (Å²) in [7, 11) is 3.60. The lowest BCUT2D eigenvalue weighted by Gasteiger charge is -2.16. The molecule has 1 aliphatic heterocycles. The third-order valence-corrected chi connectivity index (χ3v) is 3.60. The highest BCUT2D eigenvalue weighted by atomic mass is 79.9. The summed E-state index contributed by atoms with van der Waals surface area (Å²) in [5, 5.41) is 0. The molecule has 1 aromatic heterocycles. The molecule has 0 N–H and O–H groups in total. The minimum atomic E-state index is 0.108. The first-order valence-corrected chi connectivity index (χ1v) is 6.51. The summed E-state index contributed by atoms with van der Waals surface area (Å²) in [6.07, 6.45) is 2.93. The fourth-order valence-electron chi connectivity index (χ4n) is 2.29. The number of ether oxygens (including phenoxy) is 1. The van der Waals surface area contributed by atoms with Crippen molar-refractivity contribution in [1.29, 1.82) is 0 Å². The molecule has 1 fully saturated rings. The van der Waals surface area contributed by atoms with Crippen LogP contribution >= 0.6 is 15.9 Å². The summed E-state index contributed by atoms with van der Waals surface area (Å²) in [4.78, 5) is 14.2. The molecule has 94 valence electrons. The topological polar surface area (TPSA) is 34.5 Å². The highest BCUT2D eigenvalue weighted by Gasteiger charge is 2.28. The maximum Gasteiger partial charge on any atom is 0.270 e. The van der Waals surface area contributed by atoms with Crippen LogP contribution in [0.4, 0.5) is 0 Å². The van der Waals surface area contributed by atoms with E-state index in [9.17, 15) is 4.79 Å². The molecule has 0 aromatic carbocycles. The zero-order chi connectivity index (χ0) is 12.4. The number of carbonyl (C=O) groups is 1. The fraction of sp³-hybridized carbons (Fsp3) is 0.583. The van der Waals surface area contributed by atoms with Crippen molar-refractivity contribution in [3.8, 4) is 0 Å². The van der Waals surface area contributed by atoms with Crippen LogP contribution in [-0.2, 0) is 11.8 Å². The minimum Gasteiger partial charge on any atom is -0.384 e. The number of likely N-dealkylation sites (tertiary alicyclic amines) is 1. The second-order valence-electron chi connectivity index (χ2n) is 4.52. The van der Waals surface area contributed by atoms with Crippen LogP contribution in [0, 0.1) is 5.92 Å². The molecule has 5 heteroatoms. The van der Waals surface area contributed by atoms with Crippen LogP contribution in [0.25, 0.3) is 0 Å². The molecule has 0 bridgehead atoms. The van der Waals surface area contributed by atoms with Gasteiger partial charge in [-0.1, -0.05) is 0 Å². The first-order valence-electron chi connectivity index (χ1n) is 5.72. The van der Waals surface area contributed by atoms with Gasteiger partial charge in [0.1, 0.15) is 5.69 Å². The van der Waals surface area contributed by atoms with E-state index in [1.807, 2.05) is 28.8 Å². The van der Waals surface area contributed by atoms with Crippen LogP contribution < -0.4 is 0 Å². The van der Waals surface area contributed by atoms with Crippen LogP contribution in [0.15, 0.2) is 16.7 Å². The highest BCUT2D eigenvalue weighted by Crippen LogP contribution is 2.21. The van der Waals surface area contributed by atoms with Gasteiger partial charge in [0.05, 0.1) is 6.61 Å². The van der Waals surface area contributed by atoms with Crippen molar-refractivity contribution in [3.63, 3.8) is 0 Å². The van der Waals surface area contributed by atoms with E-state index >= 15 is 0 Å². The molecule has 2 rings (SSSR count). The van der Waals surface area contributed by atoms with E-state index in [1.165, 1.54) is 0 Å². The molecule has 1 atom stereocenters. The van der Waals surface area contributed by atoms with Crippen LogP contribution in [0.2, 0.25) is 0 Å². The van der Waals surface area contributed by atoms with Crippen LogP contribution in [-0.4, -0.2) is 42.2 Å². The molecule has 1 unspecified atom stereocenters. The SMILES string of the molecule is COCC1CCN(C(=O)c2cc(Br)cn2C)C1. The van der Waals surface area contributed by atoms with Gasteiger partial charge in [0.2, 0.25) is 0 Å². The molecule has 1 aromatic rings. The van der Waals surface area contributed by atoms with E-state index in [2.05, 4.69) is 15.9 Å². The lowest BCUT2D eigenvalue weighted by molar-refractivity contribution is 0.0766. The molecule has 1 aliphatic rings. The normalized spacial score (nSPS) is 19.9. The van der Waals surface area contributed by atoms with E-state index in [1.54, 1.807) is 7.11 Å². The first-order chi connectivity index (χ1) is 8.11. The Bertz CT molecular complexity index is 417. The molecular weight excluding hydrogens is 284 g/mol. The van der Waals surface area contributed by atoms with Gasteiger partial charge in [-0.05, 0) is 28.4 Å². The summed E-state index contributed by atoms with van der Waals surface area (Å²) < 4.78 is 7.93. The fourth-order valence-corrected chi connectivity index (χ4v) is 2.81. The zero-order valence-electron chi connectivity index (χ0n) is 10.1. The predicted molar refractivity (Wildman–Crippen MR) is 69.0 cm³/mol. The van der Waals surface area contributed by atoms with E-state index in [0.717, 1.165) is 36.3 Å². The molecule has 2 heterocycles. The molecule has 0 spiro atoms. The van der Waals surface area contributed by atoms with Crippen molar-refractivity contribution in [3.05, 3.63) is 22.4 Å². The molecular formula is C12H17BrN2O2. The van der Waals surface area contributed by atoms with Gasteiger partial charge in [-0.3, -0.25) is 4.79 Å². The Morgan fingerprint density at radius 1 is 1.65 bits per heavy atom. The number of methoxy groups -OCH3 is 1. The van der Waals surface area contributed by atoms with Gasteiger partial charge in [0, 0.05) is 43.8 Å². The molecule has 4 nitrogen and oxygen atoms in total. The van der Waals surface area contributed by atoms with E-state index in [-0.39, 0.29) is 5.91 Å². The smallest absolute Gasteiger partial charge is 0.270 e. The lowest BCUT2D eigenvalue weighted by Crippen LogP contribution is -2.30. The Balaban J connectivity index is 2.04. The Hall–Kier alpha value is -0.810. The van der Waals surface area contributed by atoms with Gasteiger partial charge in [0.15, 0.2) is 0 Å². The molecule has 1 saturated heterocycles. The Morgan fingerprint density at radius 3 is 3.00 bits per heavy atom. The zero-order valence-corrected chi connectivity index (χ0v) is 11.7. The predicted octanol–water partition coefficient (Wildman–Crippen LogP) is 1.90. The maximum atomic E-state index is 12.3. The second kappa shape index (κ2) is 5.23. The van der Waals surface area contributed by atoms with Gasteiger partial charge in [-0.15, -0.1) is 0 Å². The van der Waals surface area contributed by atoms with Gasteiger partial charge < -0.3 is 14.2 Å². The quantitative estimate of drug-likeness (QED) is 0.854. The average molecular weight is 301 g/mol. The monoisotopic (exact) mass is 300 g/mol.